The van der Waals surface area contributed by atoms with E-state index < -0.39 is 0 Å². The highest BCUT2D eigenvalue weighted by Crippen LogP contribution is 2.16. The number of aromatic nitrogens is 1. The van der Waals surface area contributed by atoms with Gasteiger partial charge in [-0.2, -0.15) is 0 Å². The number of ether oxygens (including phenoxy) is 1. The number of benzene rings is 1. The van der Waals surface area contributed by atoms with Gasteiger partial charge >= 0.3 is 0 Å². The molecular formula is C17H18Cl2N2O2. The summed E-state index contributed by atoms with van der Waals surface area (Å²) >= 11 is 11.7. The Morgan fingerprint density at radius 1 is 1.09 bits per heavy atom. The summed E-state index contributed by atoms with van der Waals surface area (Å²) in [4.78, 5) is 15.9. The molecule has 0 saturated heterocycles. The molecule has 0 aliphatic rings. The van der Waals surface area contributed by atoms with Gasteiger partial charge in [0.1, 0.15) is 10.8 Å². The maximum Gasteiger partial charge on any atom is 0.271 e. The molecule has 1 heterocycles. The first-order valence-electron chi connectivity index (χ1n) is 7.39. The highest BCUT2D eigenvalue weighted by atomic mass is 35.5. The van der Waals surface area contributed by atoms with Crippen LogP contribution in [0.2, 0.25) is 10.2 Å². The quantitative estimate of drug-likeness (QED) is 0.581. The van der Waals surface area contributed by atoms with E-state index in [1.165, 1.54) is 5.56 Å². The van der Waals surface area contributed by atoms with E-state index in [-0.39, 0.29) is 21.8 Å². The van der Waals surface area contributed by atoms with E-state index in [1.54, 1.807) is 12.1 Å². The molecule has 1 aromatic heterocycles. The van der Waals surface area contributed by atoms with Crippen LogP contribution in [0.15, 0.2) is 42.5 Å². The molecule has 23 heavy (non-hydrogen) atoms. The van der Waals surface area contributed by atoms with Gasteiger partial charge in [-0.25, -0.2) is 4.98 Å². The van der Waals surface area contributed by atoms with Crippen molar-refractivity contribution in [2.45, 2.75) is 12.8 Å². The molecule has 0 unspecified atom stereocenters. The number of hydrogen-bond acceptors (Lipinski definition) is 3. The summed E-state index contributed by atoms with van der Waals surface area (Å²) in [5, 5.41) is 3.27. The average molecular weight is 353 g/mol. The summed E-state index contributed by atoms with van der Waals surface area (Å²) in [6.45, 7) is 1.75. The third kappa shape index (κ3) is 6.18. The smallest absolute Gasteiger partial charge is 0.271 e. The molecule has 2 rings (SSSR count). The van der Waals surface area contributed by atoms with Crippen LogP contribution in [0, 0.1) is 0 Å². The Hall–Kier alpha value is -1.62. The second kappa shape index (κ2) is 9.50. The van der Waals surface area contributed by atoms with Gasteiger partial charge in [-0.1, -0.05) is 53.5 Å². The molecule has 0 atom stereocenters. The van der Waals surface area contributed by atoms with Gasteiger partial charge < -0.3 is 10.1 Å². The zero-order valence-electron chi connectivity index (χ0n) is 12.6. The summed E-state index contributed by atoms with van der Waals surface area (Å²) in [5.41, 5.74) is 1.40. The van der Waals surface area contributed by atoms with Crippen molar-refractivity contribution in [2.75, 3.05) is 19.8 Å². The fourth-order valence-corrected chi connectivity index (χ4v) is 2.31. The molecule has 0 fully saturated rings. The van der Waals surface area contributed by atoms with Gasteiger partial charge in [0.15, 0.2) is 0 Å². The lowest BCUT2D eigenvalue weighted by atomic mass is 10.2. The molecule has 2 aromatic rings. The second-order valence-electron chi connectivity index (χ2n) is 4.92. The fraction of sp³-hybridized carbons (Fsp3) is 0.294. The Labute approximate surface area is 145 Å². The highest BCUT2D eigenvalue weighted by molar-refractivity contribution is 6.34. The Balaban J connectivity index is 1.60. The molecule has 122 valence electrons. The predicted octanol–water partition coefficient (Wildman–Crippen LogP) is 3.77. The van der Waals surface area contributed by atoms with Crippen molar-refractivity contribution in [2.24, 2.45) is 0 Å². The molecule has 4 nitrogen and oxygen atoms in total. The molecule has 0 spiro atoms. The van der Waals surface area contributed by atoms with Crippen LogP contribution in [0.5, 0.6) is 0 Å². The maximum absolute atomic E-state index is 11.9. The summed E-state index contributed by atoms with van der Waals surface area (Å²) in [6, 6.07) is 13.3. The van der Waals surface area contributed by atoms with Gasteiger partial charge in [0.25, 0.3) is 5.91 Å². The molecule has 1 amide bonds. The van der Waals surface area contributed by atoms with E-state index in [0.29, 0.717) is 19.8 Å². The highest BCUT2D eigenvalue weighted by Gasteiger charge is 2.12. The number of hydrogen-bond donors (Lipinski definition) is 1. The van der Waals surface area contributed by atoms with Crippen LogP contribution in [0.3, 0.4) is 0 Å². The van der Waals surface area contributed by atoms with E-state index in [4.69, 9.17) is 27.9 Å². The minimum absolute atomic E-state index is 0.143. The molecule has 0 radical (unpaired) electrons. The monoisotopic (exact) mass is 352 g/mol. The van der Waals surface area contributed by atoms with E-state index in [1.807, 2.05) is 18.2 Å². The average Bonchev–Trinajstić information content (AvgIpc) is 2.57. The number of pyridine rings is 1. The molecular weight excluding hydrogens is 335 g/mol. The van der Waals surface area contributed by atoms with Crippen molar-refractivity contribution in [3.63, 3.8) is 0 Å². The minimum atomic E-state index is -0.332. The van der Waals surface area contributed by atoms with E-state index in [9.17, 15) is 4.79 Å². The zero-order valence-corrected chi connectivity index (χ0v) is 14.1. The largest absolute Gasteiger partial charge is 0.381 e. The molecule has 0 bridgehead atoms. The zero-order chi connectivity index (χ0) is 16.5. The molecule has 0 aliphatic heterocycles. The lowest BCUT2D eigenvalue weighted by Gasteiger charge is -2.07. The van der Waals surface area contributed by atoms with Crippen LogP contribution in [0.1, 0.15) is 22.5 Å². The van der Waals surface area contributed by atoms with Gasteiger partial charge in [0, 0.05) is 13.2 Å². The number of halogens is 2. The third-order valence-electron chi connectivity index (χ3n) is 3.16. The summed E-state index contributed by atoms with van der Waals surface area (Å²) < 4.78 is 5.55. The van der Waals surface area contributed by atoms with Gasteiger partial charge in [0.05, 0.1) is 11.6 Å². The Kier molecular flexibility index (Phi) is 7.33. The van der Waals surface area contributed by atoms with Gasteiger partial charge in [-0.3, -0.25) is 4.79 Å². The van der Waals surface area contributed by atoms with Crippen molar-refractivity contribution in [3.05, 3.63) is 63.9 Å². The second-order valence-corrected chi connectivity index (χ2v) is 5.72. The number of nitrogens with zero attached hydrogens (tertiary/aromatic N) is 1. The Morgan fingerprint density at radius 3 is 2.65 bits per heavy atom. The summed E-state index contributed by atoms with van der Waals surface area (Å²) in [7, 11) is 0. The SMILES string of the molecule is O=C(NCCCOCCc1ccccc1)c1nc(Cl)ccc1Cl. The van der Waals surface area contributed by atoms with Crippen LogP contribution in [-0.2, 0) is 11.2 Å². The van der Waals surface area contributed by atoms with Crippen molar-refractivity contribution in [1.29, 1.82) is 0 Å². The lowest BCUT2D eigenvalue weighted by molar-refractivity contribution is 0.0937. The number of rotatable bonds is 8. The maximum atomic E-state index is 11.9. The van der Waals surface area contributed by atoms with Crippen LogP contribution < -0.4 is 5.32 Å². The van der Waals surface area contributed by atoms with Crippen molar-refractivity contribution in [3.8, 4) is 0 Å². The standard InChI is InChI=1S/C17H18Cl2N2O2/c18-14-7-8-15(19)21-16(14)17(22)20-10-4-11-23-12-9-13-5-2-1-3-6-13/h1-3,5-8H,4,9-12H2,(H,20,22). The molecule has 1 aromatic carbocycles. The Morgan fingerprint density at radius 2 is 1.87 bits per heavy atom. The third-order valence-corrected chi connectivity index (χ3v) is 3.67. The topological polar surface area (TPSA) is 51.2 Å². The molecule has 1 N–H and O–H groups in total. The van der Waals surface area contributed by atoms with Crippen LogP contribution in [-0.4, -0.2) is 30.6 Å². The van der Waals surface area contributed by atoms with E-state index >= 15 is 0 Å². The van der Waals surface area contributed by atoms with E-state index in [2.05, 4.69) is 22.4 Å². The normalized spacial score (nSPS) is 10.5. The number of carbonyl (C=O) groups excluding carboxylic acids is 1. The van der Waals surface area contributed by atoms with Crippen molar-refractivity contribution >= 4 is 29.1 Å². The minimum Gasteiger partial charge on any atom is -0.381 e. The number of amides is 1. The summed E-state index contributed by atoms with van der Waals surface area (Å²) in [5.74, 6) is -0.332. The van der Waals surface area contributed by atoms with Gasteiger partial charge in [-0.15, -0.1) is 0 Å². The van der Waals surface area contributed by atoms with Gasteiger partial charge in [-0.05, 0) is 30.5 Å². The molecule has 0 aliphatic carbocycles. The van der Waals surface area contributed by atoms with E-state index in [0.717, 1.165) is 12.8 Å². The number of nitrogens with one attached hydrogen (secondary N) is 1. The predicted molar refractivity (Wildman–Crippen MR) is 92.2 cm³/mol. The first-order valence-corrected chi connectivity index (χ1v) is 8.14. The molecule has 6 heteroatoms. The van der Waals surface area contributed by atoms with Crippen LogP contribution >= 0.6 is 23.2 Å². The molecule has 0 saturated carbocycles. The first-order chi connectivity index (χ1) is 11.2. The van der Waals surface area contributed by atoms with Crippen molar-refractivity contribution in [1.82, 2.24) is 10.3 Å². The van der Waals surface area contributed by atoms with Crippen molar-refractivity contribution < 1.29 is 9.53 Å². The fourth-order valence-electron chi connectivity index (χ4n) is 1.97. The Bertz CT molecular complexity index is 636. The number of carbonyl (C=O) groups is 1. The first kappa shape index (κ1) is 17.7. The van der Waals surface area contributed by atoms with Gasteiger partial charge in [0.2, 0.25) is 0 Å². The lowest BCUT2D eigenvalue weighted by Crippen LogP contribution is -2.26. The van der Waals surface area contributed by atoms with Crippen LogP contribution in [0.25, 0.3) is 0 Å². The summed E-state index contributed by atoms with van der Waals surface area (Å²) in [6.07, 6.45) is 1.61. The van der Waals surface area contributed by atoms with Crippen LogP contribution in [0.4, 0.5) is 0 Å².